The summed E-state index contributed by atoms with van der Waals surface area (Å²) in [5, 5.41) is 13.4. The Morgan fingerprint density at radius 1 is 1.08 bits per heavy atom. The number of aromatic nitrogens is 2. The van der Waals surface area contributed by atoms with E-state index in [1.807, 2.05) is 0 Å². The van der Waals surface area contributed by atoms with Crippen LogP contribution in [0.25, 0.3) is 0 Å². The maximum absolute atomic E-state index is 13.6. The van der Waals surface area contributed by atoms with Gasteiger partial charge in [-0.15, -0.1) is 0 Å². The minimum atomic E-state index is -5.71. The third-order valence-electron chi connectivity index (χ3n) is 2.98. The molecular formula is C13H6F7N3O3. The summed E-state index contributed by atoms with van der Waals surface area (Å²) < 4.78 is 92.2. The molecule has 1 heterocycles. The molecule has 0 bridgehead atoms. The molecule has 2 rings (SSSR count). The van der Waals surface area contributed by atoms with Gasteiger partial charge in [0.05, 0.1) is 0 Å². The lowest BCUT2D eigenvalue weighted by molar-refractivity contribution is -0.143. The Hall–Kier alpha value is -3.12. The van der Waals surface area contributed by atoms with E-state index in [9.17, 15) is 40.3 Å². The van der Waals surface area contributed by atoms with Crippen molar-refractivity contribution < 1.29 is 45.4 Å². The molecule has 0 fully saturated rings. The van der Waals surface area contributed by atoms with Crippen molar-refractivity contribution in [3.05, 3.63) is 46.8 Å². The van der Waals surface area contributed by atoms with Crippen molar-refractivity contribution in [2.45, 2.75) is 12.7 Å². The van der Waals surface area contributed by atoms with Gasteiger partial charge < -0.3 is 10.4 Å². The van der Waals surface area contributed by atoms with E-state index < -0.39 is 64.8 Å². The molecule has 26 heavy (non-hydrogen) atoms. The smallest absolute Gasteiger partial charge is 0.422 e. The van der Waals surface area contributed by atoms with E-state index in [1.54, 1.807) is 0 Å². The monoisotopic (exact) mass is 385 g/mol. The molecule has 13 heteroatoms. The van der Waals surface area contributed by atoms with Gasteiger partial charge in [-0.2, -0.15) is 18.3 Å². The maximum atomic E-state index is 13.6. The van der Waals surface area contributed by atoms with Crippen molar-refractivity contribution in [2.24, 2.45) is 0 Å². The maximum Gasteiger partial charge on any atom is 0.422 e. The summed E-state index contributed by atoms with van der Waals surface area (Å²) in [6, 6.07) is 0.980. The summed E-state index contributed by atoms with van der Waals surface area (Å²) in [4.78, 5) is 22.3. The number of nitrogens with zero attached hydrogens (tertiary/aromatic N) is 2. The number of hydrogen-bond acceptors (Lipinski definition) is 3. The van der Waals surface area contributed by atoms with E-state index in [1.165, 1.54) is 5.32 Å². The molecule has 2 N–H and O–H groups in total. The first-order valence-corrected chi connectivity index (χ1v) is 6.43. The minimum Gasteiger partial charge on any atom is -0.476 e. The lowest BCUT2D eigenvalue weighted by atomic mass is 10.1. The van der Waals surface area contributed by atoms with E-state index in [4.69, 9.17) is 5.11 Å². The van der Waals surface area contributed by atoms with Crippen LogP contribution >= 0.6 is 0 Å². The summed E-state index contributed by atoms with van der Waals surface area (Å²) in [7, 11) is 0. The second-order valence-corrected chi connectivity index (χ2v) is 4.76. The van der Waals surface area contributed by atoms with Gasteiger partial charge in [-0.25, -0.2) is 22.4 Å². The van der Waals surface area contributed by atoms with Crippen LogP contribution in [0.15, 0.2) is 12.3 Å². The first-order chi connectivity index (χ1) is 11.9. The highest BCUT2D eigenvalue weighted by Gasteiger charge is 2.42. The molecule has 0 atom stereocenters. The normalized spacial score (nSPS) is 11.5. The first-order valence-electron chi connectivity index (χ1n) is 6.43. The van der Waals surface area contributed by atoms with Crippen molar-refractivity contribution in [3.63, 3.8) is 0 Å². The zero-order valence-electron chi connectivity index (χ0n) is 12.2. The van der Waals surface area contributed by atoms with Crippen molar-refractivity contribution >= 4 is 17.6 Å². The Morgan fingerprint density at radius 3 is 2.04 bits per heavy atom. The van der Waals surface area contributed by atoms with Crippen LogP contribution in [-0.2, 0) is 17.5 Å². The Bertz CT molecular complexity index is 863. The standard InChI is InChI=1S/C13H6F7N3O3/c14-7-6(13(18,19)20)8(15)10(17)11(9(7)16)21-5(24)3-23-2-1-4(22-23)12(25)26/h1-2H,3H2,(H,21,24)(H,25,26). The zero-order valence-corrected chi connectivity index (χ0v) is 12.2. The number of carboxylic acid groups (broad SMARTS) is 1. The van der Waals surface area contributed by atoms with Crippen LogP contribution in [0.5, 0.6) is 0 Å². The molecule has 0 unspecified atom stereocenters. The van der Waals surface area contributed by atoms with E-state index >= 15 is 0 Å². The number of halogens is 7. The molecular weight excluding hydrogens is 379 g/mol. The highest BCUT2D eigenvalue weighted by molar-refractivity contribution is 5.91. The lowest BCUT2D eigenvalue weighted by Gasteiger charge is -2.14. The Kier molecular flexibility index (Phi) is 4.91. The van der Waals surface area contributed by atoms with Crippen molar-refractivity contribution in [1.82, 2.24) is 9.78 Å². The molecule has 1 amide bonds. The Morgan fingerprint density at radius 2 is 1.62 bits per heavy atom. The summed E-state index contributed by atoms with van der Waals surface area (Å²) in [6.45, 7) is -0.837. The highest BCUT2D eigenvalue weighted by atomic mass is 19.4. The molecule has 6 nitrogen and oxygen atoms in total. The van der Waals surface area contributed by atoms with Crippen molar-refractivity contribution in [3.8, 4) is 0 Å². The summed E-state index contributed by atoms with van der Waals surface area (Å²) in [6.07, 6.45) is -4.70. The van der Waals surface area contributed by atoms with Crippen LogP contribution in [0.3, 0.4) is 0 Å². The van der Waals surface area contributed by atoms with Gasteiger partial charge in [0.25, 0.3) is 0 Å². The van der Waals surface area contributed by atoms with Gasteiger partial charge in [-0.3, -0.25) is 9.48 Å². The molecule has 0 aliphatic carbocycles. The first kappa shape index (κ1) is 19.2. The number of carboxylic acids is 1. The Balaban J connectivity index is 2.31. The summed E-state index contributed by atoms with van der Waals surface area (Å²) in [5.74, 6) is -13.1. The number of carbonyl (C=O) groups is 2. The number of anilines is 1. The van der Waals surface area contributed by atoms with Gasteiger partial charge >= 0.3 is 12.1 Å². The summed E-state index contributed by atoms with van der Waals surface area (Å²) >= 11 is 0. The largest absolute Gasteiger partial charge is 0.476 e. The molecule has 0 radical (unpaired) electrons. The second kappa shape index (κ2) is 6.65. The topological polar surface area (TPSA) is 84.2 Å². The number of alkyl halides is 3. The third-order valence-corrected chi connectivity index (χ3v) is 2.98. The molecule has 1 aromatic carbocycles. The summed E-state index contributed by atoms with van der Waals surface area (Å²) in [5.41, 5.74) is -5.01. The molecule has 140 valence electrons. The van der Waals surface area contributed by atoms with Crippen molar-refractivity contribution in [2.75, 3.05) is 5.32 Å². The zero-order chi connectivity index (χ0) is 19.8. The minimum absolute atomic E-state index is 0.471. The van der Waals surface area contributed by atoms with Crippen LogP contribution in [-0.4, -0.2) is 26.8 Å². The van der Waals surface area contributed by atoms with Crippen LogP contribution < -0.4 is 5.32 Å². The average molecular weight is 385 g/mol. The molecule has 0 saturated carbocycles. The number of benzene rings is 1. The van der Waals surface area contributed by atoms with Gasteiger partial charge in [0.2, 0.25) is 5.91 Å². The Labute approximate surface area is 138 Å². The number of carbonyl (C=O) groups excluding carboxylic acids is 1. The number of hydrogen-bond donors (Lipinski definition) is 2. The van der Waals surface area contributed by atoms with E-state index in [2.05, 4.69) is 5.10 Å². The quantitative estimate of drug-likeness (QED) is 0.626. The van der Waals surface area contributed by atoms with Crippen LogP contribution in [0.1, 0.15) is 16.1 Å². The van der Waals surface area contributed by atoms with Gasteiger partial charge in [-0.05, 0) is 6.07 Å². The molecule has 0 saturated heterocycles. The van der Waals surface area contributed by atoms with Crippen molar-refractivity contribution in [1.29, 1.82) is 0 Å². The molecule has 0 aliphatic heterocycles. The lowest BCUT2D eigenvalue weighted by Crippen LogP contribution is -2.23. The predicted molar refractivity (Wildman–Crippen MR) is 69.1 cm³/mol. The molecule has 2 aromatic rings. The average Bonchev–Trinajstić information content (AvgIpc) is 2.97. The number of nitrogens with one attached hydrogen (secondary N) is 1. The van der Waals surface area contributed by atoms with Gasteiger partial charge in [0, 0.05) is 6.20 Å². The fraction of sp³-hybridized carbons (Fsp3) is 0.154. The van der Waals surface area contributed by atoms with Crippen LogP contribution in [0.2, 0.25) is 0 Å². The second-order valence-electron chi connectivity index (χ2n) is 4.76. The van der Waals surface area contributed by atoms with E-state index in [0.29, 0.717) is 4.68 Å². The highest BCUT2D eigenvalue weighted by Crippen LogP contribution is 2.38. The number of aromatic carboxylic acids is 1. The number of rotatable bonds is 4. The molecule has 0 aliphatic rings. The molecule has 0 spiro atoms. The predicted octanol–water partition coefficient (Wildman–Crippen LogP) is 2.80. The van der Waals surface area contributed by atoms with Gasteiger partial charge in [0.15, 0.2) is 29.0 Å². The number of amides is 1. The van der Waals surface area contributed by atoms with Crippen LogP contribution in [0, 0.1) is 23.3 Å². The van der Waals surface area contributed by atoms with Crippen LogP contribution in [0.4, 0.5) is 36.4 Å². The van der Waals surface area contributed by atoms with E-state index in [0.717, 1.165) is 12.3 Å². The SMILES string of the molecule is O=C(Cn1ccc(C(=O)O)n1)Nc1c(F)c(F)c(C(F)(F)F)c(F)c1F. The fourth-order valence-corrected chi connectivity index (χ4v) is 1.88. The van der Waals surface area contributed by atoms with E-state index in [-0.39, 0.29) is 0 Å². The van der Waals surface area contributed by atoms with Gasteiger partial charge in [0.1, 0.15) is 17.8 Å². The van der Waals surface area contributed by atoms with Gasteiger partial charge in [-0.1, -0.05) is 0 Å². The third kappa shape index (κ3) is 3.60. The molecule has 1 aromatic heterocycles. The fourth-order valence-electron chi connectivity index (χ4n) is 1.88.